The largest absolute Gasteiger partial charge is 0.469 e. The predicted molar refractivity (Wildman–Crippen MR) is 69.2 cm³/mol. The maximum Gasteiger partial charge on any atom is 0.328 e. The predicted octanol–water partition coefficient (Wildman–Crippen LogP) is 0.730. The Kier molecular flexibility index (Phi) is 7.18. The Bertz CT molecular complexity index is 411. The van der Waals surface area contributed by atoms with Gasteiger partial charge in [0.2, 0.25) is 0 Å². The minimum atomic E-state index is -1.09. The van der Waals surface area contributed by atoms with Crippen molar-refractivity contribution in [3.63, 3.8) is 0 Å². The molecule has 0 heterocycles. The molecular weight excluding hydrogens is 250 g/mol. The minimum absolute atomic E-state index is 0.223. The number of esters is 2. The lowest BCUT2D eigenvalue weighted by molar-refractivity contribution is -0.150. The standard InChI is InChI=1S/C13H19NO5/c1-6-8(2)9(3)12(16)14-10(13(17)19-5)7-11(15)18-4/h6,10H,3,7H2,1-2,4-5H3,(H,14,16)/b8-6-/t10-/m0/s1. The molecule has 0 saturated heterocycles. The van der Waals surface area contributed by atoms with E-state index in [0.29, 0.717) is 5.57 Å². The van der Waals surface area contributed by atoms with Crippen LogP contribution >= 0.6 is 0 Å². The Labute approximate surface area is 112 Å². The van der Waals surface area contributed by atoms with Crippen LogP contribution in [0.15, 0.2) is 23.8 Å². The molecule has 1 amide bonds. The lowest BCUT2D eigenvalue weighted by Crippen LogP contribution is -2.43. The molecule has 106 valence electrons. The zero-order chi connectivity index (χ0) is 15.0. The van der Waals surface area contributed by atoms with Crippen LogP contribution in [0.4, 0.5) is 0 Å². The molecular formula is C13H19NO5. The highest BCUT2D eigenvalue weighted by Crippen LogP contribution is 2.07. The molecule has 0 aliphatic carbocycles. The molecule has 0 aromatic heterocycles. The van der Waals surface area contributed by atoms with Gasteiger partial charge in [-0.25, -0.2) is 4.79 Å². The quantitative estimate of drug-likeness (QED) is 0.437. The van der Waals surface area contributed by atoms with E-state index in [9.17, 15) is 14.4 Å². The van der Waals surface area contributed by atoms with Gasteiger partial charge in [0.05, 0.1) is 20.6 Å². The fourth-order valence-corrected chi connectivity index (χ4v) is 1.18. The molecule has 6 nitrogen and oxygen atoms in total. The third-order valence-electron chi connectivity index (χ3n) is 2.57. The number of rotatable bonds is 6. The number of ether oxygens (including phenoxy) is 2. The van der Waals surface area contributed by atoms with Crippen LogP contribution in [-0.2, 0) is 23.9 Å². The monoisotopic (exact) mass is 269 g/mol. The first-order valence-corrected chi connectivity index (χ1v) is 5.65. The van der Waals surface area contributed by atoms with Gasteiger partial charge < -0.3 is 14.8 Å². The number of carbonyl (C=O) groups excluding carboxylic acids is 3. The van der Waals surface area contributed by atoms with E-state index in [1.807, 2.05) is 0 Å². The minimum Gasteiger partial charge on any atom is -0.469 e. The molecule has 1 N–H and O–H groups in total. The van der Waals surface area contributed by atoms with E-state index in [0.717, 1.165) is 0 Å². The van der Waals surface area contributed by atoms with E-state index in [1.165, 1.54) is 14.2 Å². The maximum atomic E-state index is 11.8. The molecule has 0 aliphatic heterocycles. The van der Waals surface area contributed by atoms with Gasteiger partial charge in [-0.15, -0.1) is 0 Å². The first-order chi connectivity index (χ1) is 8.87. The molecule has 0 saturated carbocycles. The number of amides is 1. The summed E-state index contributed by atoms with van der Waals surface area (Å²) in [5.74, 6) is -1.87. The van der Waals surface area contributed by atoms with E-state index < -0.39 is 23.9 Å². The summed E-state index contributed by atoms with van der Waals surface area (Å²) in [5.41, 5.74) is 0.903. The zero-order valence-electron chi connectivity index (χ0n) is 11.6. The molecule has 0 bridgehead atoms. The lowest BCUT2D eigenvalue weighted by atomic mass is 10.1. The third kappa shape index (κ3) is 5.37. The summed E-state index contributed by atoms with van der Waals surface area (Å²) in [5, 5.41) is 2.39. The fraction of sp³-hybridized carbons (Fsp3) is 0.462. The fourth-order valence-electron chi connectivity index (χ4n) is 1.18. The Hall–Kier alpha value is -2.11. The zero-order valence-corrected chi connectivity index (χ0v) is 11.6. The molecule has 0 spiro atoms. The third-order valence-corrected chi connectivity index (χ3v) is 2.57. The second-order valence-electron chi connectivity index (χ2n) is 3.78. The van der Waals surface area contributed by atoms with Gasteiger partial charge in [-0.1, -0.05) is 12.7 Å². The second-order valence-corrected chi connectivity index (χ2v) is 3.78. The molecule has 1 atom stereocenters. The van der Waals surface area contributed by atoms with Crippen molar-refractivity contribution in [3.8, 4) is 0 Å². The average Bonchev–Trinajstić information content (AvgIpc) is 2.43. The Morgan fingerprint density at radius 2 is 1.84 bits per heavy atom. The first kappa shape index (κ1) is 16.9. The average molecular weight is 269 g/mol. The maximum absolute atomic E-state index is 11.8. The van der Waals surface area contributed by atoms with Crippen molar-refractivity contribution in [2.75, 3.05) is 14.2 Å². The molecule has 0 radical (unpaired) electrons. The molecule has 6 heteroatoms. The molecule has 0 aromatic rings. The Balaban J connectivity index is 4.83. The highest BCUT2D eigenvalue weighted by molar-refractivity contribution is 5.99. The van der Waals surface area contributed by atoms with Crippen LogP contribution in [0.5, 0.6) is 0 Å². The molecule has 0 aliphatic rings. The number of carbonyl (C=O) groups is 3. The van der Waals surface area contributed by atoms with Gasteiger partial charge in [0.25, 0.3) is 5.91 Å². The lowest BCUT2D eigenvalue weighted by Gasteiger charge is -2.16. The molecule has 0 aromatic carbocycles. The van der Waals surface area contributed by atoms with E-state index in [1.54, 1.807) is 19.9 Å². The van der Waals surface area contributed by atoms with Gasteiger partial charge in [0.1, 0.15) is 6.04 Å². The van der Waals surface area contributed by atoms with E-state index >= 15 is 0 Å². The van der Waals surface area contributed by atoms with Gasteiger partial charge >= 0.3 is 11.9 Å². The van der Waals surface area contributed by atoms with Crippen LogP contribution < -0.4 is 5.32 Å². The molecule has 0 unspecified atom stereocenters. The van der Waals surface area contributed by atoms with Crippen LogP contribution in [0.25, 0.3) is 0 Å². The summed E-state index contributed by atoms with van der Waals surface area (Å²) >= 11 is 0. The van der Waals surface area contributed by atoms with Gasteiger partial charge in [-0.05, 0) is 19.4 Å². The van der Waals surface area contributed by atoms with Crippen LogP contribution in [0.3, 0.4) is 0 Å². The van der Waals surface area contributed by atoms with Crippen molar-refractivity contribution in [2.24, 2.45) is 0 Å². The highest BCUT2D eigenvalue weighted by Gasteiger charge is 2.26. The molecule has 19 heavy (non-hydrogen) atoms. The van der Waals surface area contributed by atoms with Gasteiger partial charge in [-0.3, -0.25) is 9.59 Å². The van der Waals surface area contributed by atoms with Crippen molar-refractivity contribution in [1.82, 2.24) is 5.32 Å². The number of hydrogen-bond donors (Lipinski definition) is 1. The van der Waals surface area contributed by atoms with Crippen molar-refractivity contribution in [2.45, 2.75) is 26.3 Å². The normalized spacial score (nSPS) is 12.3. The topological polar surface area (TPSA) is 81.7 Å². The van der Waals surface area contributed by atoms with Crippen LogP contribution in [0.1, 0.15) is 20.3 Å². The van der Waals surface area contributed by atoms with Crippen molar-refractivity contribution in [1.29, 1.82) is 0 Å². The highest BCUT2D eigenvalue weighted by atomic mass is 16.5. The van der Waals surface area contributed by atoms with E-state index in [-0.39, 0.29) is 12.0 Å². The van der Waals surface area contributed by atoms with Gasteiger partial charge in [-0.2, -0.15) is 0 Å². The SMILES string of the molecule is C=C(C(=O)N[C@@H](CC(=O)OC)C(=O)OC)/C(C)=C\C. The summed E-state index contributed by atoms with van der Waals surface area (Å²) in [4.78, 5) is 34.5. The Morgan fingerprint density at radius 1 is 1.26 bits per heavy atom. The van der Waals surface area contributed by atoms with Crippen molar-refractivity contribution >= 4 is 17.8 Å². The van der Waals surface area contributed by atoms with E-state index in [2.05, 4.69) is 21.4 Å². The summed E-state index contributed by atoms with van der Waals surface area (Å²) in [6, 6.07) is -1.09. The number of methoxy groups -OCH3 is 2. The Morgan fingerprint density at radius 3 is 2.26 bits per heavy atom. The number of nitrogens with one attached hydrogen (secondary N) is 1. The number of hydrogen-bond acceptors (Lipinski definition) is 5. The summed E-state index contributed by atoms with van der Waals surface area (Å²) in [6.45, 7) is 7.10. The van der Waals surface area contributed by atoms with Crippen LogP contribution in [-0.4, -0.2) is 38.1 Å². The molecule has 0 rings (SSSR count). The van der Waals surface area contributed by atoms with Crippen molar-refractivity contribution in [3.05, 3.63) is 23.8 Å². The summed E-state index contributed by atoms with van der Waals surface area (Å²) in [7, 11) is 2.37. The van der Waals surface area contributed by atoms with E-state index in [4.69, 9.17) is 0 Å². The second kappa shape index (κ2) is 8.07. The van der Waals surface area contributed by atoms with Gasteiger partial charge in [0, 0.05) is 5.57 Å². The molecule has 0 fully saturated rings. The summed E-state index contributed by atoms with van der Waals surface area (Å²) < 4.78 is 8.97. The van der Waals surface area contributed by atoms with Crippen molar-refractivity contribution < 1.29 is 23.9 Å². The number of allylic oxidation sites excluding steroid dienone is 1. The van der Waals surface area contributed by atoms with Crippen LogP contribution in [0.2, 0.25) is 0 Å². The van der Waals surface area contributed by atoms with Gasteiger partial charge in [0.15, 0.2) is 0 Å². The van der Waals surface area contributed by atoms with Crippen LogP contribution in [0, 0.1) is 0 Å². The smallest absolute Gasteiger partial charge is 0.328 e. The summed E-state index contributed by atoms with van der Waals surface area (Å²) in [6.07, 6.45) is 1.42. The first-order valence-electron chi connectivity index (χ1n) is 5.65.